The highest BCUT2D eigenvalue weighted by molar-refractivity contribution is 9.10. The van der Waals surface area contributed by atoms with Crippen molar-refractivity contribution in [3.63, 3.8) is 0 Å². The third kappa shape index (κ3) is 2.30. The molecule has 1 amide bonds. The van der Waals surface area contributed by atoms with E-state index in [1.807, 2.05) is 0 Å². The lowest BCUT2D eigenvalue weighted by Gasteiger charge is -2.04. The number of alkyl halides is 2. The molecule has 0 aliphatic heterocycles. The number of rotatable bonds is 3. The molecule has 1 heterocycles. The van der Waals surface area contributed by atoms with E-state index in [1.165, 1.54) is 0 Å². The highest BCUT2D eigenvalue weighted by Crippen LogP contribution is 2.30. The first kappa shape index (κ1) is 12.4. The van der Waals surface area contributed by atoms with Gasteiger partial charge in [0.1, 0.15) is 4.60 Å². The second-order valence-corrected chi connectivity index (χ2v) is 3.41. The Labute approximate surface area is 95.7 Å². The van der Waals surface area contributed by atoms with E-state index < -0.39 is 34.2 Å². The van der Waals surface area contributed by atoms with E-state index in [-0.39, 0.29) is 4.60 Å². The van der Waals surface area contributed by atoms with Gasteiger partial charge >= 0.3 is 5.69 Å². The Hall–Kier alpha value is -1.64. The summed E-state index contributed by atoms with van der Waals surface area (Å²) in [6.07, 6.45) is -2.94. The Morgan fingerprint density at radius 1 is 1.62 bits per heavy atom. The molecule has 0 bridgehead atoms. The highest BCUT2D eigenvalue weighted by atomic mass is 79.9. The smallest absolute Gasteiger partial charge is 0.301 e. The average molecular weight is 296 g/mol. The van der Waals surface area contributed by atoms with E-state index in [2.05, 4.69) is 20.9 Å². The molecule has 2 N–H and O–H groups in total. The van der Waals surface area contributed by atoms with Crippen LogP contribution in [-0.2, 0) is 0 Å². The molecule has 86 valence electrons. The van der Waals surface area contributed by atoms with Gasteiger partial charge in [0.25, 0.3) is 12.3 Å². The van der Waals surface area contributed by atoms with Crippen LogP contribution in [-0.4, -0.2) is 15.8 Å². The maximum absolute atomic E-state index is 12.4. The molecule has 0 radical (unpaired) electrons. The molecule has 0 aliphatic carbocycles. The summed E-state index contributed by atoms with van der Waals surface area (Å²) < 4.78 is 24.4. The average Bonchev–Trinajstić information content (AvgIpc) is 2.15. The number of nitrogens with zero attached hydrogens (tertiary/aromatic N) is 2. The van der Waals surface area contributed by atoms with Crippen LogP contribution in [0.4, 0.5) is 14.5 Å². The van der Waals surface area contributed by atoms with Crippen LogP contribution in [0.25, 0.3) is 0 Å². The van der Waals surface area contributed by atoms with E-state index in [9.17, 15) is 23.7 Å². The first-order valence-electron chi connectivity index (χ1n) is 3.77. The lowest BCUT2D eigenvalue weighted by atomic mass is 10.2. The van der Waals surface area contributed by atoms with Gasteiger partial charge in [-0.2, -0.15) is 0 Å². The summed E-state index contributed by atoms with van der Waals surface area (Å²) in [7, 11) is 0. The first-order valence-corrected chi connectivity index (χ1v) is 4.56. The zero-order valence-corrected chi connectivity index (χ0v) is 9.07. The van der Waals surface area contributed by atoms with E-state index in [4.69, 9.17) is 5.73 Å². The number of amides is 1. The van der Waals surface area contributed by atoms with Gasteiger partial charge in [-0.3, -0.25) is 14.9 Å². The molecule has 0 unspecified atom stereocenters. The van der Waals surface area contributed by atoms with Gasteiger partial charge in [0, 0.05) is 6.07 Å². The second kappa shape index (κ2) is 4.47. The maximum Gasteiger partial charge on any atom is 0.301 e. The standard InChI is InChI=1S/C7H4BrF2N3O3/c8-5-2(6(9)10)1-3(13(15)16)4(12-5)7(11)14/h1,6H,(H2,11,14). The van der Waals surface area contributed by atoms with Gasteiger partial charge in [-0.15, -0.1) is 0 Å². The summed E-state index contributed by atoms with van der Waals surface area (Å²) in [6, 6.07) is 0.571. The summed E-state index contributed by atoms with van der Waals surface area (Å²) in [4.78, 5) is 23.7. The third-order valence-electron chi connectivity index (χ3n) is 1.65. The monoisotopic (exact) mass is 295 g/mol. The molecule has 0 saturated heterocycles. The normalized spacial score (nSPS) is 10.5. The summed E-state index contributed by atoms with van der Waals surface area (Å²) in [5.74, 6) is -1.16. The molecular formula is C7H4BrF2N3O3. The van der Waals surface area contributed by atoms with Crippen molar-refractivity contribution < 1.29 is 18.5 Å². The van der Waals surface area contributed by atoms with Crippen LogP contribution in [0, 0.1) is 10.1 Å². The Morgan fingerprint density at radius 2 is 2.19 bits per heavy atom. The van der Waals surface area contributed by atoms with Crippen molar-refractivity contribution >= 4 is 27.5 Å². The molecule has 0 fully saturated rings. The molecule has 0 aliphatic rings. The van der Waals surface area contributed by atoms with E-state index >= 15 is 0 Å². The van der Waals surface area contributed by atoms with Crippen LogP contribution in [0.5, 0.6) is 0 Å². The number of hydrogen-bond acceptors (Lipinski definition) is 4. The van der Waals surface area contributed by atoms with Gasteiger partial charge in [0.15, 0.2) is 0 Å². The highest BCUT2D eigenvalue weighted by Gasteiger charge is 2.25. The van der Waals surface area contributed by atoms with Gasteiger partial charge in [0.05, 0.1) is 10.5 Å². The number of nitro groups is 1. The maximum atomic E-state index is 12.4. The van der Waals surface area contributed by atoms with E-state index in [0.29, 0.717) is 6.07 Å². The predicted molar refractivity (Wildman–Crippen MR) is 52.1 cm³/mol. The van der Waals surface area contributed by atoms with Gasteiger partial charge in [-0.1, -0.05) is 0 Å². The fourth-order valence-electron chi connectivity index (χ4n) is 0.969. The lowest BCUT2D eigenvalue weighted by Crippen LogP contribution is -2.16. The van der Waals surface area contributed by atoms with Gasteiger partial charge in [-0.05, 0) is 15.9 Å². The lowest BCUT2D eigenvalue weighted by molar-refractivity contribution is -0.385. The quantitative estimate of drug-likeness (QED) is 0.522. The van der Waals surface area contributed by atoms with E-state index in [0.717, 1.165) is 0 Å². The van der Waals surface area contributed by atoms with Crippen molar-refractivity contribution in [3.8, 4) is 0 Å². The Balaban J connectivity index is 3.49. The molecule has 0 atom stereocenters. The molecule has 0 spiro atoms. The Bertz CT molecular complexity index is 466. The second-order valence-electron chi connectivity index (χ2n) is 2.66. The SMILES string of the molecule is NC(=O)c1nc(Br)c(C(F)F)cc1[N+](=O)[O-]. The molecule has 0 aromatic carbocycles. The largest absolute Gasteiger partial charge is 0.364 e. The molecule has 16 heavy (non-hydrogen) atoms. The van der Waals surface area contributed by atoms with Gasteiger partial charge in [-0.25, -0.2) is 13.8 Å². The summed E-state index contributed by atoms with van der Waals surface area (Å²) >= 11 is 2.68. The molecular weight excluding hydrogens is 292 g/mol. The third-order valence-corrected chi connectivity index (χ3v) is 2.28. The minimum absolute atomic E-state index is 0.345. The van der Waals surface area contributed by atoms with Crippen molar-refractivity contribution in [1.82, 2.24) is 4.98 Å². The molecule has 1 aromatic heterocycles. The Kier molecular flexibility index (Phi) is 3.48. The topological polar surface area (TPSA) is 99.1 Å². The zero-order chi connectivity index (χ0) is 12.5. The van der Waals surface area contributed by atoms with Crippen molar-refractivity contribution in [1.29, 1.82) is 0 Å². The van der Waals surface area contributed by atoms with Crippen LogP contribution >= 0.6 is 15.9 Å². The predicted octanol–water partition coefficient (Wildman–Crippen LogP) is 1.79. The summed E-state index contributed by atoms with van der Waals surface area (Å²) in [5, 5.41) is 10.5. The number of aromatic nitrogens is 1. The number of pyridine rings is 1. The molecule has 1 aromatic rings. The molecule has 6 nitrogen and oxygen atoms in total. The van der Waals surface area contributed by atoms with Crippen molar-refractivity contribution in [2.24, 2.45) is 5.73 Å². The van der Waals surface area contributed by atoms with Crippen LogP contribution in [0.15, 0.2) is 10.7 Å². The minimum atomic E-state index is -2.94. The summed E-state index contributed by atoms with van der Waals surface area (Å²) in [6.45, 7) is 0. The molecule has 9 heteroatoms. The van der Waals surface area contributed by atoms with Crippen LogP contribution < -0.4 is 5.73 Å². The molecule has 1 rings (SSSR count). The summed E-state index contributed by atoms with van der Waals surface area (Å²) in [5.41, 5.74) is 2.66. The van der Waals surface area contributed by atoms with Crippen LogP contribution in [0.2, 0.25) is 0 Å². The van der Waals surface area contributed by atoms with Crippen LogP contribution in [0.3, 0.4) is 0 Å². The van der Waals surface area contributed by atoms with Gasteiger partial charge in [0.2, 0.25) is 5.69 Å². The van der Waals surface area contributed by atoms with Crippen molar-refractivity contribution in [3.05, 3.63) is 32.0 Å². The number of carbonyl (C=O) groups is 1. The van der Waals surface area contributed by atoms with Crippen molar-refractivity contribution in [2.45, 2.75) is 6.43 Å². The number of carbonyl (C=O) groups excluding carboxylic acids is 1. The van der Waals surface area contributed by atoms with Gasteiger partial charge < -0.3 is 5.73 Å². The number of primary amides is 1. The molecule has 0 saturated carbocycles. The fraction of sp³-hybridized carbons (Fsp3) is 0.143. The number of halogens is 3. The van der Waals surface area contributed by atoms with E-state index in [1.54, 1.807) is 0 Å². The first-order chi connectivity index (χ1) is 7.34. The van der Waals surface area contributed by atoms with Crippen LogP contribution in [0.1, 0.15) is 22.5 Å². The number of nitrogens with two attached hydrogens (primary N) is 1. The minimum Gasteiger partial charge on any atom is -0.364 e. The fourth-order valence-corrected chi connectivity index (χ4v) is 1.43. The number of hydrogen-bond donors (Lipinski definition) is 1. The van der Waals surface area contributed by atoms with Crippen molar-refractivity contribution in [2.75, 3.05) is 0 Å². The Morgan fingerprint density at radius 3 is 2.56 bits per heavy atom. The zero-order valence-electron chi connectivity index (χ0n) is 7.49.